The third-order valence-corrected chi connectivity index (χ3v) is 5.77. The van der Waals surface area contributed by atoms with E-state index in [1.54, 1.807) is 0 Å². The van der Waals surface area contributed by atoms with E-state index in [1.807, 2.05) is 25.1 Å². The second-order valence-electron chi connectivity index (χ2n) is 5.34. The van der Waals surface area contributed by atoms with Crippen molar-refractivity contribution in [3.8, 4) is 0 Å². The number of nitrogens with zero attached hydrogens (tertiary/aromatic N) is 1. The molecule has 1 aromatic carbocycles. The summed E-state index contributed by atoms with van der Waals surface area (Å²) in [7, 11) is -3.36. The van der Waals surface area contributed by atoms with Crippen LogP contribution in [-0.2, 0) is 14.8 Å². The molecular weight excluding hydrogens is 356 g/mol. The van der Waals surface area contributed by atoms with Gasteiger partial charge in [0.2, 0.25) is 15.9 Å². The van der Waals surface area contributed by atoms with Crippen LogP contribution >= 0.6 is 15.9 Å². The molecule has 1 aliphatic heterocycles. The Morgan fingerprint density at radius 1 is 1.38 bits per heavy atom. The number of hydrogen-bond acceptors (Lipinski definition) is 3. The lowest BCUT2D eigenvalue weighted by molar-refractivity contribution is -0.120. The summed E-state index contributed by atoms with van der Waals surface area (Å²) >= 11 is 3.42. The van der Waals surface area contributed by atoms with E-state index in [2.05, 4.69) is 21.2 Å². The van der Waals surface area contributed by atoms with Crippen LogP contribution in [0.4, 0.5) is 5.69 Å². The minimum atomic E-state index is -3.36. The van der Waals surface area contributed by atoms with Crippen LogP contribution in [0.2, 0.25) is 0 Å². The molecule has 0 radical (unpaired) electrons. The number of hydrogen-bond donors (Lipinski definition) is 1. The number of carbonyl (C=O) groups is 1. The molecule has 5 nitrogen and oxygen atoms in total. The lowest BCUT2D eigenvalue weighted by atomic mass is 10.0. The Balaban J connectivity index is 2.16. The monoisotopic (exact) mass is 374 g/mol. The number of nitrogens with one attached hydrogen (secondary N) is 1. The molecule has 21 heavy (non-hydrogen) atoms. The molecule has 0 aromatic heterocycles. The van der Waals surface area contributed by atoms with Crippen LogP contribution in [0, 0.1) is 6.92 Å². The van der Waals surface area contributed by atoms with Crippen molar-refractivity contribution in [3.05, 3.63) is 28.2 Å². The topological polar surface area (TPSA) is 66.5 Å². The smallest absolute Gasteiger partial charge is 0.242 e. The number of carbonyl (C=O) groups excluding carboxylic acids is 1. The number of piperidine rings is 1. The van der Waals surface area contributed by atoms with E-state index in [9.17, 15) is 13.2 Å². The fourth-order valence-electron chi connectivity index (χ4n) is 2.46. The molecule has 1 aliphatic rings. The van der Waals surface area contributed by atoms with Crippen LogP contribution in [0.25, 0.3) is 0 Å². The molecule has 1 atom stereocenters. The number of sulfonamides is 1. The molecule has 0 bridgehead atoms. The van der Waals surface area contributed by atoms with Crippen LogP contribution in [0.5, 0.6) is 0 Å². The average molecular weight is 375 g/mol. The molecule has 2 rings (SSSR count). The van der Waals surface area contributed by atoms with Gasteiger partial charge in [0.05, 0.1) is 6.26 Å². The minimum absolute atomic E-state index is 0.268. The quantitative estimate of drug-likeness (QED) is 0.883. The summed E-state index contributed by atoms with van der Waals surface area (Å²) in [5.41, 5.74) is 1.74. The van der Waals surface area contributed by atoms with Crippen molar-refractivity contribution in [2.45, 2.75) is 32.2 Å². The number of rotatable bonds is 3. The summed E-state index contributed by atoms with van der Waals surface area (Å²) < 4.78 is 25.8. The van der Waals surface area contributed by atoms with Crippen molar-refractivity contribution in [2.75, 3.05) is 18.1 Å². The lowest BCUT2D eigenvalue weighted by Crippen LogP contribution is -2.49. The van der Waals surface area contributed by atoms with E-state index in [0.717, 1.165) is 29.1 Å². The summed E-state index contributed by atoms with van der Waals surface area (Å²) in [5.74, 6) is -0.268. The first-order valence-corrected chi connectivity index (χ1v) is 9.47. The van der Waals surface area contributed by atoms with E-state index in [1.165, 1.54) is 4.31 Å². The Kier molecular flexibility index (Phi) is 5.06. The molecule has 0 spiro atoms. The van der Waals surface area contributed by atoms with Crippen molar-refractivity contribution in [1.82, 2.24) is 4.31 Å². The van der Waals surface area contributed by atoms with E-state index in [0.29, 0.717) is 18.7 Å². The van der Waals surface area contributed by atoms with E-state index >= 15 is 0 Å². The Hall–Kier alpha value is -0.920. The third kappa shape index (κ3) is 4.05. The van der Waals surface area contributed by atoms with Gasteiger partial charge in [0.1, 0.15) is 6.04 Å². The van der Waals surface area contributed by atoms with Gasteiger partial charge in [-0.05, 0) is 37.5 Å². The SMILES string of the molecule is Cc1ccc(NC(=O)C2CCCCN2S(C)(=O)=O)cc1Br. The van der Waals surface area contributed by atoms with Gasteiger partial charge in [-0.1, -0.05) is 28.4 Å². The number of halogens is 1. The van der Waals surface area contributed by atoms with Crippen molar-refractivity contribution in [1.29, 1.82) is 0 Å². The Labute approximate surface area is 133 Å². The lowest BCUT2D eigenvalue weighted by Gasteiger charge is -2.32. The normalized spacial score (nSPS) is 20.2. The van der Waals surface area contributed by atoms with Gasteiger partial charge in [0.25, 0.3) is 0 Å². The molecule has 1 unspecified atom stereocenters. The van der Waals surface area contributed by atoms with Gasteiger partial charge in [0.15, 0.2) is 0 Å². The highest BCUT2D eigenvalue weighted by Crippen LogP contribution is 2.24. The first-order chi connectivity index (χ1) is 9.79. The highest BCUT2D eigenvalue weighted by atomic mass is 79.9. The molecule has 0 saturated carbocycles. The van der Waals surface area contributed by atoms with Gasteiger partial charge in [-0.15, -0.1) is 0 Å². The number of amides is 1. The maximum absolute atomic E-state index is 12.4. The van der Waals surface area contributed by atoms with Gasteiger partial charge in [-0.3, -0.25) is 4.79 Å². The van der Waals surface area contributed by atoms with Crippen LogP contribution in [0.3, 0.4) is 0 Å². The van der Waals surface area contributed by atoms with Crippen LogP contribution in [0.1, 0.15) is 24.8 Å². The molecule has 116 valence electrons. The molecule has 0 aliphatic carbocycles. The van der Waals surface area contributed by atoms with Gasteiger partial charge >= 0.3 is 0 Å². The third-order valence-electron chi connectivity index (χ3n) is 3.62. The maximum atomic E-state index is 12.4. The first-order valence-electron chi connectivity index (χ1n) is 6.83. The predicted molar refractivity (Wildman–Crippen MR) is 86.7 cm³/mol. The van der Waals surface area contributed by atoms with Crippen molar-refractivity contribution in [2.24, 2.45) is 0 Å². The zero-order chi connectivity index (χ0) is 15.6. The predicted octanol–water partition coefficient (Wildman–Crippen LogP) is 2.51. The van der Waals surface area contributed by atoms with E-state index in [-0.39, 0.29) is 5.91 Å². The molecule has 1 amide bonds. The van der Waals surface area contributed by atoms with Gasteiger partial charge in [-0.2, -0.15) is 4.31 Å². The molecule has 7 heteroatoms. The second kappa shape index (κ2) is 6.46. The Morgan fingerprint density at radius 3 is 2.71 bits per heavy atom. The van der Waals surface area contributed by atoms with E-state index < -0.39 is 16.1 Å². The Morgan fingerprint density at radius 2 is 2.10 bits per heavy atom. The van der Waals surface area contributed by atoms with Crippen LogP contribution in [0.15, 0.2) is 22.7 Å². The van der Waals surface area contributed by atoms with Gasteiger partial charge in [0, 0.05) is 16.7 Å². The zero-order valence-corrected chi connectivity index (χ0v) is 14.5. The summed E-state index contributed by atoms with van der Waals surface area (Å²) in [6.45, 7) is 2.37. The summed E-state index contributed by atoms with van der Waals surface area (Å²) in [5, 5.41) is 2.81. The highest BCUT2D eigenvalue weighted by molar-refractivity contribution is 9.10. The second-order valence-corrected chi connectivity index (χ2v) is 8.13. The average Bonchev–Trinajstić information content (AvgIpc) is 2.42. The Bertz CT molecular complexity index is 646. The summed E-state index contributed by atoms with van der Waals surface area (Å²) in [4.78, 5) is 12.4. The van der Waals surface area contributed by atoms with Crippen molar-refractivity contribution >= 4 is 37.5 Å². The molecule has 1 fully saturated rings. The van der Waals surface area contributed by atoms with Gasteiger partial charge < -0.3 is 5.32 Å². The van der Waals surface area contributed by atoms with Crippen molar-refractivity contribution in [3.63, 3.8) is 0 Å². The number of anilines is 1. The maximum Gasteiger partial charge on any atom is 0.242 e. The van der Waals surface area contributed by atoms with Crippen LogP contribution in [-0.4, -0.2) is 37.5 Å². The first kappa shape index (κ1) is 16.5. The minimum Gasteiger partial charge on any atom is -0.325 e. The largest absolute Gasteiger partial charge is 0.325 e. The molecule has 1 heterocycles. The van der Waals surface area contributed by atoms with E-state index in [4.69, 9.17) is 0 Å². The molecule has 1 saturated heterocycles. The van der Waals surface area contributed by atoms with Gasteiger partial charge in [-0.25, -0.2) is 8.42 Å². The number of aryl methyl sites for hydroxylation is 1. The fraction of sp³-hybridized carbons (Fsp3) is 0.500. The highest BCUT2D eigenvalue weighted by Gasteiger charge is 2.34. The summed E-state index contributed by atoms with van der Waals surface area (Å²) in [6, 6.07) is 4.91. The fourth-order valence-corrected chi connectivity index (χ4v) is 3.96. The van der Waals surface area contributed by atoms with Crippen LogP contribution < -0.4 is 5.32 Å². The molecule has 1 aromatic rings. The molecular formula is C14H19BrN2O3S. The summed E-state index contributed by atoms with van der Waals surface area (Å²) in [6.07, 6.45) is 3.38. The van der Waals surface area contributed by atoms with Crippen molar-refractivity contribution < 1.29 is 13.2 Å². The zero-order valence-electron chi connectivity index (χ0n) is 12.1. The molecule has 1 N–H and O–H groups in total. The number of benzene rings is 1. The standard InChI is InChI=1S/C14H19BrN2O3S/c1-10-6-7-11(9-12(10)15)16-14(18)13-5-3-4-8-17(13)21(2,19)20/h6-7,9,13H,3-5,8H2,1-2H3,(H,16,18).